The number of nitrogens with zero attached hydrogens (tertiary/aromatic N) is 2. The van der Waals surface area contributed by atoms with E-state index in [9.17, 15) is 4.79 Å². The number of ether oxygens (including phenoxy) is 4. The van der Waals surface area contributed by atoms with Crippen molar-refractivity contribution in [3.05, 3.63) is 27.7 Å². The van der Waals surface area contributed by atoms with Crippen LogP contribution < -0.4 is 14.2 Å². The minimum Gasteiger partial charge on any atom is -0.493 e. The summed E-state index contributed by atoms with van der Waals surface area (Å²) >= 11 is 6.89. The van der Waals surface area contributed by atoms with E-state index in [0.717, 1.165) is 11.5 Å². The summed E-state index contributed by atoms with van der Waals surface area (Å²) in [5.74, 6) is 0.805. The second kappa shape index (κ2) is 6.37. The number of halogens is 1. The zero-order chi connectivity index (χ0) is 15.5. The SMILES string of the molecule is COc1cc(C(=O)OCc2nnsc2Cl)cc2c1OCCO2. The zero-order valence-corrected chi connectivity index (χ0v) is 13.1. The maximum atomic E-state index is 12.1. The molecule has 3 rings (SSSR count). The third-order valence-electron chi connectivity index (χ3n) is 2.91. The van der Waals surface area contributed by atoms with E-state index in [4.69, 9.17) is 30.5 Å². The first-order valence-electron chi connectivity index (χ1n) is 6.30. The lowest BCUT2D eigenvalue weighted by Crippen LogP contribution is -2.17. The second-order valence-corrected chi connectivity index (χ2v) is 5.63. The van der Waals surface area contributed by atoms with Gasteiger partial charge in [-0.3, -0.25) is 0 Å². The van der Waals surface area contributed by atoms with E-state index < -0.39 is 5.97 Å². The van der Waals surface area contributed by atoms with Crippen LogP contribution in [0.25, 0.3) is 0 Å². The van der Waals surface area contributed by atoms with Crippen molar-refractivity contribution in [1.29, 1.82) is 0 Å². The molecule has 0 aliphatic carbocycles. The number of methoxy groups -OCH3 is 1. The van der Waals surface area contributed by atoms with Gasteiger partial charge < -0.3 is 18.9 Å². The quantitative estimate of drug-likeness (QED) is 0.789. The summed E-state index contributed by atoms with van der Waals surface area (Å²) in [6.07, 6.45) is 0. The lowest BCUT2D eigenvalue weighted by atomic mass is 10.1. The smallest absolute Gasteiger partial charge is 0.338 e. The third kappa shape index (κ3) is 2.93. The second-order valence-electron chi connectivity index (χ2n) is 4.27. The van der Waals surface area contributed by atoms with Crippen molar-refractivity contribution in [1.82, 2.24) is 9.59 Å². The highest BCUT2D eigenvalue weighted by Crippen LogP contribution is 2.40. The largest absolute Gasteiger partial charge is 0.493 e. The molecular weight excluding hydrogens is 332 g/mol. The summed E-state index contributed by atoms with van der Waals surface area (Å²) in [5, 5.41) is 3.78. The molecule has 0 unspecified atom stereocenters. The number of hydrogen-bond donors (Lipinski definition) is 0. The van der Waals surface area contributed by atoms with Crippen LogP contribution in [-0.4, -0.2) is 35.9 Å². The molecule has 0 N–H and O–H groups in total. The Morgan fingerprint density at radius 3 is 2.95 bits per heavy atom. The molecule has 0 bridgehead atoms. The molecule has 2 aromatic rings. The highest BCUT2D eigenvalue weighted by molar-refractivity contribution is 7.10. The van der Waals surface area contributed by atoms with E-state index in [1.54, 1.807) is 6.07 Å². The molecule has 0 fully saturated rings. The maximum absolute atomic E-state index is 12.1. The fourth-order valence-corrected chi connectivity index (χ4v) is 2.49. The van der Waals surface area contributed by atoms with Crippen LogP contribution in [-0.2, 0) is 11.3 Å². The van der Waals surface area contributed by atoms with Gasteiger partial charge in [0, 0.05) is 11.5 Å². The van der Waals surface area contributed by atoms with Gasteiger partial charge in [-0.15, -0.1) is 5.10 Å². The Labute approximate surface area is 134 Å². The third-order valence-corrected chi connectivity index (χ3v) is 3.90. The molecule has 7 nitrogen and oxygen atoms in total. The summed E-state index contributed by atoms with van der Waals surface area (Å²) in [4.78, 5) is 12.1. The summed E-state index contributed by atoms with van der Waals surface area (Å²) in [7, 11) is 1.49. The van der Waals surface area contributed by atoms with Crippen molar-refractivity contribution < 1.29 is 23.7 Å². The van der Waals surface area contributed by atoms with Crippen molar-refractivity contribution in [2.24, 2.45) is 0 Å². The van der Waals surface area contributed by atoms with Crippen LogP contribution >= 0.6 is 23.1 Å². The molecule has 22 heavy (non-hydrogen) atoms. The molecule has 1 aromatic carbocycles. The van der Waals surface area contributed by atoms with Crippen molar-refractivity contribution in [3.63, 3.8) is 0 Å². The van der Waals surface area contributed by atoms with Crippen LogP contribution in [0.1, 0.15) is 16.1 Å². The average molecular weight is 343 g/mol. The van der Waals surface area contributed by atoms with Gasteiger partial charge in [0.2, 0.25) is 5.75 Å². The molecular formula is C13H11ClN2O5S. The molecule has 1 aliphatic heterocycles. The molecule has 1 aromatic heterocycles. The molecule has 0 saturated heterocycles. The predicted octanol–water partition coefficient (Wildman–Crippen LogP) is 2.33. The molecule has 0 amide bonds. The fourth-order valence-electron chi connectivity index (χ4n) is 1.89. The van der Waals surface area contributed by atoms with Gasteiger partial charge in [0.15, 0.2) is 11.5 Å². The Hall–Kier alpha value is -2.06. The minimum absolute atomic E-state index is 0.0507. The lowest BCUT2D eigenvalue weighted by Gasteiger charge is -2.21. The number of hydrogen-bond acceptors (Lipinski definition) is 8. The summed E-state index contributed by atoms with van der Waals surface area (Å²) in [5.41, 5.74) is 0.713. The molecule has 0 atom stereocenters. The van der Waals surface area contributed by atoms with E-state index in [2.05, 4.69) is 9.59 Å². The van der Waals surface area contributed by atoms with Crippen LogP contribution in [0.2, 0.25) is 4.34 Å². The van der Waals surface area contributed by atoms with E-state index >= 15 is 0 Å². The Balaban J connectivity index is 1.79. The van der Waals surface area contributed by atoms with Crippen molar-refractivity contribution in [2.75, 3.05) is 20.3 Å². The van der Waals surface area contributed by atoms with Crippen LogP contribution in [0.3, 0.4) is 0 Å². The monoisotopic (exact) mass is 342 g/mol. The first-order chi connectivity index (χ1) is 10.7. The Kier molecular flexibility index (Phi) is 4.30. The van der Waals surface area contributed by atoms with Gasteiger partial charge in [-0.1, -0.05) is 16.1 Å². The summed E-state index contributed by atoms with van der Waals surface area (Å²) in [6.45, 7) is 0.794. The van der Waals surface area contributed by atoms with E-state index in [-0.39, 0.29) is 6.61 Å². The van der Waals surface area contributed by atoms with Gasteiger partial charge in [-0.05, 0) is 12.1 Å². The number of rotatable bonds is 4. The van der Waals surface area contributed by atoms with Gasteiger partial charge >= 0.3 is 5.97 Å². The normalized spacial score (nSPS) is 12.8. The molecule has 116 valence electrons. The number of fused-ring (bicyclic) bond motifs is 1. The standard InChI is InChI=1S/C13H11ClN2O5S/c1-18-9-4-7(5-10-11(9)20-3-2-19-10)13(17)21-6-8-12(14)22-16-15-8/h4-5H,2-3,6H2,1H3. The lowest BCUT2D eigenvalue weighted by molar-refractivity contribution is 0.0466. The van der Waals surface area contributed by atoms with E-state index in [0.29, 0.717) is 46.1 Å². The Morgan fingerprint density at radius 1 is 1.41 bits per heavy atom. The van der Waals surface area contributed by atoms with Crippen molar-refractivity contribution in [2.45, 2.75) is 6.61 Å². The first kappa shape index (κ1) is 14.9. The molecule has 0 saturated carbocycles. The van der Waals surface area contributed by atoms with E-state index in [1.165, 1.54) is 13.2 Å². The number of benzene rings is 1. The highest BCUT2D eigenvalue weighted by atomic mass is 35.5. The number of aromatic nitrogens is 2. The molecule has 0 radical (unpaired) electrons. The van der Waals surface area contributed by atoms with Gasteiger partial charge in [-0.2, -0.15) is 0 Å². The molecule has 2 heterocycles. The first-order valence-corrected chi connectivity index (χ1v) is 7.45. The molecule has 0 spiro atoms. The molecule has 9 heteroatoms. The predicted molar refractivity (Wildman–Crippen MR) is 78.0 cm³/mol. The van der Waals surface area contributed by atoms with Crippen LogP contribution in [0, 0.1) is 0 Å². The van der Waals surface area contributed by atoms with Gasteiger partial charge in [-0.25, -0.2) is 4.79 Å². The van der Waals surface area contributed by atoms with E-state index in [1.807, 2.05) is 0 Å². The molecule has 1 aliphatic rings. The average Bonchev–Trinajstić information content (AvgIpc) is 2.96. The van der Waals surface area contributed by atoms with Crippen LogP contribution in [0.15, 0.2) is 12.1 Å². The summed E-state index contributed by atoms with van der Waals surface area (Å²) < 4.78 is 25.4. The zero-order valence-electron chi connectivity index (χ0n) is 11.5. The number of carbonyl (C=O) groups is 1. The Morgan fingerprint density at radius 2 is 2.23 bits per heavy atom. The number of esters is 1. The number of carbonyl (C=O) groups excluding carboxylic acids is 1. The fraction of sp³-hybridized carbons (Fsp3) is 0.308. The van der Waals surface area contributed by atoms with Crippen LogP contribution in [0.4, 0.5) is 0 Å². The van der Waals surface area contributed by atoms with Gasteiger partial charge in [0.25, 0.3) is 0 Å². The summed E-state index contributed by atoms with van der Waals surface area (Å²) in [6, 6.07) is 3.09. The highest BCUT2D eigenvalue weighted by Gasteiger charge is 2.22. The maximum Gasteiger partial charge on any atom is 0.338 e. The minimum atomic E-state index is -0.542. The van der Waals surface area contributed by atoms with Gasteiger partial charge in [0.1, 0.15) is 29.9 Å². The van der Waals surface area contributed by atoms with Gasteiger partial charge in [0.05, 0.1) is 12.7 Å². The Bertz CT molecular complexity index is 688. The topological polar surface area (TPSA) is 79.8 Å². The van der Waals surface area contributed by atoms with Crippen molar-refractivity contribution >= 4 is 29.1 Å². The van der Waals surface area contributed by atoms with Crippen LogP contribution in [0.5, 0.6) is 17.2 Å². The van der Waals surface area contributed by atoms with Crippen molar-refractivity contribution in [3.8, 4) is 17.2 Å².